The highest BCUT2D eigenvalue weighted by atomic mass is 16.5. The lowest BCUT2D eigenvalue weighted by Gasteiger charge is -2.33. The third kappa shape index (κ3) is 4.10. The van der Waals surface area contributed by atoms with E-state index in [1.807, 2.05) is 11.0 Å². The monoisotopic (exact) mass is 386 g/mol. The van der Waals surface area contributed by atoms with Crippen LogP contribution in [0.4, 0.5) is 16.2 Å². The van der Waals surface area contributed by atoms with Gasteiger partial charge in [-0.3, -0.25) is 4.90 Å². The smallest absolute Gasteiger partial charge is 0.321 e. The summed E-state index contributed by atoms with van der Waals surface area (Å²) in [4.78, 5) is 23.2. The van der Waals surface area contributed by atoms with Gasteiger partial charge in [0.2, 0.25) is 5.89 Å². The molecule has 2 amide bonds. The van der Waals surface area contributed by atoms with Crippen molar-refractivity contribution in [2.24, 2.45) is 0 Å². The molecule has 150 valence electrons. The summed E-state index contributed by atoms with van der Waals surface area (Å²) in [7, 11) is 3.68. The molecule has 9 nitrogen and oxygen atoms in total. The second kappa shape index (κ2) is 8.15. The van der Waals surface area contributed by atoms with E-state index < -0.39 is 0 Å². The van der Waals surface area contributed by atoms with Gasteiger partial charge in [0, 0.05) is 58.3 Å². The lowest BCUT2D eigenvalue weighted by atomic mass is 10.1. The number of anilines is 2. The van der Waals surface area contributed by atoms with Crippen LogP contribution in [-0.4, -0.2) is 72.9 Å². The van der Waals surface area contributed by atoms with E-state index >= 15 is 0 Å². The van der Waals surface area contributed by atoms with Gasteiger partial charge in [-0.2, -0.15) is 4.98 Å². The lowest BCUT2D eigenvalue weighted by molar-refractivity contribution is 0.133. The predicted octanol–water partition coefficient (Wildman–Crippen LogP) is 1.56. The summed E-state index contributed by atoms with van der Waals surface area (Å²) < 4.78 is 10.2. The van der Waals surface area contributed by atoms with Crippen molar-refractivity contribution in [1.82, 2.24) is 19.9 Å². The molecule has 9 heteroatoms. The minimum atomic E-state index is -0.0552. The zero-order valence-corrected chi connectivity index (χ0v) is 16.3. The van der Waals surface area contributed by atoms with Crippen LogP contribution in [0.5, 0.6) is 0 Å². The van der Waals surface area contributed by atoms with E-state index in [1.165, 1.54) is 11.3 Å². The van der Waals surface area contributed by atoms with Gasteiger partial charge in [0.1, 0.15) is 6.61 Å². The van der Waals surface area contributed by atoms with E-state index in [9.17, 15) is 4.79 Å². The Morgan fingerprint density at radius 1 is 1.25 bits per heavy atom. The highest BCUT2D eigenvalue weighted by Gasteiger charge is 2.23. The number of amides is 2. The second-order valence-electron chi connectivity index (χ2n) is 7.25. The fourth-order valence-corrected chi connectivity index (χ4v) is 3.66. The molecule has 0 unspecified atom stereocenters. The molecule has 1 aromatic carbocycles. The molecular formula is C19H26N6O3. The molecule has 2 aromatic rings. The van der Waals surface area contributed by atoms with E-state index in [-0.39, 0.29) is 6.03 Å². The highest BCUT2D eigenvalue weighted by Crippen LogP contribution is 2.29. The Labute approximate surface area is 164 Å². The normalized spacial score (nSPS) is 17.1. The average Bonchev–Trinajstić information content (AvgIpc) is 3.29. The summed E-state index contributed by atoms with van der Waals surface area (Å²) >= 11 is 0. The van der Waals surface area contributed by atoms with Crippen molar-refractivity contribution < 1.29 is 14.1 Å². The topological polar surface area (TPSA) is 87.0 Å². The van der Waals surface area contributed by atoms with Crippen LogP contribution < -0.4 is 10.2 Å². The van der Waals surface area contributed by atoms with E-state index in [1.54, 1.807) is 7.11 Å². The van der Waals surface area contributed by atoms with Crippen LogP contribution in [0, 0.1) is 0 Å². The van der Waals surface area contributed by atoms with Crippen LogP contribution in [0.2, 0.25) is 0 Å². The summed E-state index contributed by atoms with van der Waals surface area (Å²) in [5.74, 6) is 1.13. The molecule has 0 aliphatic carbocycles. The minimum Gasteiger partial charge on any atom is -0.377 e. The maximum atomic E-state index is 12.6. The van der Waals surface area contributed by atoms with Crippen molar-refractivity contribution in [3.8, 4) is 0 Å². The number of hydrogen-bond acceptors (Lipinski definition) is 7. The summed E-state index contributed by atoms with van der Waals surface area (Å²) in [5.41, 5.74) is 3.38. The summed E-state index contributed by atoms with van der Waals surface area (Å²) in [6.45, 7) is 4.82. The third-order valence-electron chi connectivity index (χ3n) is 5.27. The van der Waals surface area contributed by atoms with Gasteiger partial charge >= 0.3 is 6.03 Å². The number of urea groups is 1. The zero-order valence-electron chi connectivity index (χ0n) is 16.3. The Bertz CT molecular complexity index is 831. The Morgan fingerprint density at radius 2 is 2.07 bits per heavy atom. The lowest BCUT2D eigenvalue weighted by Crippen LogP contribution is -2.49. The number of fused-ring (bicyclic) bond motifs is 1. The Balaban J connectivity index is 1.27. The minimum absolute atomic E-state index is 0.0552. The summed E-state index contributed by atoms with van der Waals surface area (Å²) in [5, 5.41) is 6.91. The van der Waals surface area contributed by atoms with Gasteiger partial charge in [-0.15, -0.1) is 0 Å². The first-order valence-corrected chi connectivity index (χ1v) is 9.55. The standard InChI is InChI=1S/C19H26N6O3/c1-23-6-5-14-3-4-15(11-16(14)23)20-19(26)25-9-7-24(8-10-25)12-18-21-17(13-27-2)22-28-18/h3-4,11H,5-10,12-13H2,1-2H3,(H,20,26). The van der Waals surface area contributed by atoms with Crippen molar-refractivity contribution in [2.75, 3.05) is 57.1 Å². The maximum absolute atomic E-state index is 12.6. The van der Waals surface area contributed by atoms with Crippen LogP contribution in [0.15, 0.2) is 22.7 Å². The maximum Gasteiger partial charge on any atom is 0.321 e. The average molecular weight is 386 g/mol. The second-order valence-corrected chi connectivity index (χ2v) is 7.25. The molecule has 28 heavy (non-hydrogen) atoms. The number of methoxy groups -OCH3 is 1. The number of ether oxygens (including phenoxy) is 1. The predicted molar refractivity (Wildman–Crippen MR) is 104 cm³/mol. The first kappa shape index (κ1) is 18.7. The molecule has 1 aromatic heterocycles. The molecule has 3 heterocycles. The number of nitrogens with zero attached hydrogens (tertiary/aromatic N) is 5. The SMILES string of the molecule is COCc1noc(CN2CCN(C(=O)Nc3ccc4c(c3)N(C)CC4)CC2)n1. The van der Waals surface area contributed by atoms with E-state index in [2.05, 4.69) is 44.4 Å². The molecule has 0 saturated carbocycles. The molecule has 1 fully saturated rings. The molecule has 2 aliphatic heterocycles. The summed E-state index contributed by atoms with van der Waals surface area (Å²) in [6.07, 6.45) is 1.06. The number of carbonyl (C=O) groups is 1. The molecular weight excluding hydrogens is 360 g/mol. The molecule has 0 atom stereocenters. The number of benzene rings is 1. The summed E-state index contributed by atoms with van der Waals surface area (Å²) in [6, 6.07) is 6.10. The van der Waals surface area contributed by atoms with Crippen LogP contribution in [0.1, 0.15) is 17.3 Å². The van der Waals surface area contributed by atoms with Crippen LogP contribution in [-0.2, 0) is 24.3 Å². The van der Waals surface area contributed by atoms with Gasteiger partial charge in [0.15, 0.2) is 5.82 Å². The van der Waals surface area contributed by atoms with Crippen molar-refractivity contribution in [1.29, 1.82) is 0 Å². The number of nitrogens with one attached hydrogen (secondary N) is 1. The molecule has 0 spiro atoms. The number of hydrogen-bond donors (Lipinski definition) is 1. The molecule has 4 rings (SSSR count). The van der Waals surface area contributed by atoms with Gasteiger partial charge in [0.25, 0.3) is 0 Å². The van der Waals surface area contributed by atoms with E-state index in [4.69, 9.17) is 9.26 Å². The van der Waals surface area contributed by atoms with Gasteiger partial charge in [0.05, 0.1) is 6.54 Å². The molecule has 0 bridgehead atoms. The molecule has 2 aliphatic rings. The van der Waals surface area contributed by atoms with Gasteiger partial charge in [-0.1, -0.05) is 11.2 Å². The Kier molecular flexibility index (Phi) is 5.45. The first-order chi connectivity index (χ1) is 13.6. The number of rotatable bonds is 5. The molecule has 0 radical (unpaired) electrons. The Hall–Kier alpha value is -2.65. The largest absolute Gasteiger partial charge is 0.377 e. The first-order valence-electron chi connectivity index (χ1n) is 9.55. The number of likely N-dealkylation sites (N-methyl/N-ethyl adjacent to an activating group) is 1. The van der Waals surface area contributed by atoms with Crippen LogP contribution in [0.3, 0.4) is 0 Å². The van der Waals surface area contributed by atoms with Gasteiger partial charge in [-0.05, 0) is 24.1 Å². The van der Waals surface area contributed by atoms with Gasteiger partial charge in [-0.25, -0.2) is 4.79 Å². The fraction of sp³-hybridized carbons (Fsp3) is 0.526. The van der Waals surface area contributed by atoms with Crippen molar-refractivity contribution in [2.45, 2.75) is 19.6 Å². The van der Waals surface area contributed by atoms with Gasteiger partial charge < -0.3 is 24.4 Å². The Morgan fingerprint density at radius 3 is 2.86 bits per heavy atom. The van der Waals surface area contributed by atoms with Crippen molar-refractivity contribution >= 4 is 17.4 Å². The number of piperazine rings is 1. The molecule has 1 saturated heterocycles. The van der Waals surface area contributed by atoms with E-state index in [0.717, 1.165) is 31.7 Å². The highest BCUT2D eigenvalue weighted by molar-refractivity contribution is 5.90. The third-order valence-corrected chi connectivity index (χ3v) is 5.27. The zero-order chi connectivity index (χ0) is 19.5. The van der Waals surface area contributed by atoms with Crippen LogP contribution in [0.25, 0.3) is 0 Å². The number of carbonyl (C=O) groups excluding carboxylic acids is 1. The fourth-order valence-electron chi connectivity index (χ4n) is 3.66. The van der Waals surface area contributed by atoms with Crippen molar-refractivity contribution in [3.05, 3.63) is 35.5 Å². The van der Waals surface area contributed by atoms with E-state index in [0.29, 0.717) is 38.0 Å². The quantitative estimate of drug-likeness (QED) is 0.834. The molecule has 1 N–H and O–H groups in total. The van der Waals surface area contributed by atoms with Crippen LogP contribution >= 0.6 is 0 Å². The number of aromatic nitrogens is 2. The van der Waals surface area contributed by atoms with Crippen molar-refractivity contribution in [3.63, 3.8) is 0 Å².